The monoisotopic (exact) mass is 206 g/mol. The van der Waals surface area contributed by atoms with Crippen molar-refractivity contribution in [2.75, 3.05) is 0 Å². The number of hydrogen-bond acceptors (Lipinski definition) is 1. The number of phenolic OH excluding ortho intramolecular Hbond substituents is 1. The van der Waals surface area contributed by atoms with E-state index in [1.165, 1.54) is 31.2 Å². The number of benzene rings is 1. The third-order valence-corrected chi connectivity index (χ3v) is 3.03. The molecule has 0 aromatic heterocycles. The molecule has 0 fully saturated rings. The summed E-state index contributed by atoms with van der Waals surface area (Å²) in [7, 11) is 0. The Kier molecular flexibility index (Phi) is 4.19. The minimum absolute atomic E-state index is 0.175. The first-order valence-corrected chi connectivity index (χ1v) is 5.86. The van der Waals surface area contributed by atoms with E-state index in [0.29, 0.717) is 5.75 Å². The standard InChI is InChI=1S/C14H22O/c1-4-5-6-10-14(2,3)12-8-7-9-13(15)11-12/h7-9,11,15H,4-6,10H2,1-3H3. The zero-order valence-electron chi connectivity index (χ0n) is 10.1. The van der Waals surface area contributed by atoms with E-state index in [9.17, 15) is 5.11 Å². The molecule has 0 atom stereocenters. The van der Waals surface area contributed by atoms with Crippen LogP contribution in [0.5, 0.6) is 5.75 Å². The highest BCUT2D eigenvalue weighted by molar-refractivity contribution is 5.31. The molecule has 1 rings (SSSR count). The largest absolute Gasteiger partial charge is 0.508 e. The maximum atomic E-state index is 9.45. The molecule has 15 heavy (non-hydrogen) atoms. The Bertz CT molecular complexity index is 302. The third kappa shape index (κ3) is 3.58. The highest BCUT2D eigenvalue weighted by Gasteiger charge is 2.19. The van der Waals surface area contributed by atoms with Gasteiger partial charge in [-0.15, -0.1) is 0 Å². The lowest BCUT2D eigenvalue weighted by atomic mass is 9.80. The van der Waals surface area contributed by atoms with Crippen LogP contribution in [0.25, 0.3) is 0 Å². The van der Waals surface area contributed by atoms with Crippen LogP contribution in [0.2, 0.25) is 0 Å². The SMILES string of the molecule is CCCCCC(C)(C)c1cccc(O)c1. The highest BCUT2D eigenvalue weighted by Crippen LogP contribution is 2.30. The van der Waals surface area contributed by atoms with Crippen LogP contribution in [0, 0.1) is 0 Å². The van der Waals surface area contributed by atoms with Gasteiger partial charge in [0.25, 0.3) is 0 Å². The highest BCUT2D eigenvalue weighted by atomic mass is 16.3. The van der Waals surface area contributed by atoms with Crippen LogP contribution < -0.4 is 0 Å². The molecule has 0 unspecified atom stereocenters. The van der Waals surface area contributed by atoms with Gasteiger partial charge in [-0.1, -0.05) is 52.2 Å². The van der Waals surface area contributed by atoms with E-state index in [-0.39, 0.29) is 5.41 Å². The van der Waals surface area contributed by atoms with Gasteiger partial charge in [0.05, 0.1) is 0 Å². The smallest absolute Gasteiger partial charge is 0.115 e. The predicted octanol–water partition coefficient (Wildman–Crippen LogP) is 4.25. The van der Waals surface area contributed by atoms with Crippen LogP contribution in [0.4, 0.5) is 0 Å². The topological polar surface area (TPSA) is 20.2 Å². The van der Waals surface area contributed by atoms with E-state index in [2.05, 4.69) is 26.8 Å². The number of aromatic hydroxyl groups is 1. The summed E-state index contributed by atoms with van der Waals surface area (Å²) in [6.07, 6.45) is 5.00. The molecule has 1 N–H and O–H groups in total. The normalized spacial score (nSPS) is 11.7. The Labute approximate surface area is 93.1 Å². The Morgan fingerprint density at radius 3 is 2.53 bits per heavy atom. The van der Waals surface area contributed by atoms with Crippen molar-refractivity contribution in [1.29, 1.82) is 0 Å². The Morgan fingerprint density at radius 1 is 1.20 bits per heavy atom. The van der Waals surface area contributed by atoms with Gasteiger partial charge in [0.1, 0.15) is 5.75 Å². The fraction of sp³-hybridized carbons (Fsp3) is 0.571. The van der Waals surface area contributed by atoms with Gasteiger partial charge in [0, 0.05) is 0 Å². The quantitative estimate of drug-likeness (QED) is 0.714. The molecule has 0 radical (unpaired) electrons. The first-order chi connectivity index (χ1) is 7.06. The molecule has 0 bridgehead atoms. The van der Waals surface area contributed by atoms with E-state index < -0.39 is 0 Å². The lowest BCUT2D eigenvalue weighted by Crippen LogP contribution is -2.16. The van der Waals surface area contributed by atoms with Gasteiger partial charge >= 0.3 is 0 Å². The fourth-order valence-corrected chi connectivity index (χ4v) is 1.89. The summed E-state index contributed by atoms with van der Waals surface area (Å²) in [6, 6.07) is 7.63. The molecule has 1 nitrogen and oxygen atoms in total. The van der Waals surface area contributed by atoms with Crippen LogP contribution in [0.1, 0.15) is 52.0 Å². The zero-order chi connectivity index (χ0) is 11.3. The van der Waals surface area contributed by atoms with Gasteiger partial charge in [0.15, 0.2) is 0 Å². The van der Waals surface area contributed by atoms with Crippen LogP contribution in [-0.4, -0.2) is 5.11 Å². The fourth-order valence-electron chi connectivity index (χ4n) is 1.89. The van der Waals surface area contributed by atoms with Gasteiger partial charge in [-0.05, 0) is 29.5 Å². The van der Waals surface area contributed by atoms with E-state index in [4.69, 9.17) is 0 Å². The molecule has 0 saturated heterocycles. The van der Waals surface area contributed by atoms with Crippen molar-refractivity contribution in [2.24, 2.45) is 0 Å². The van der Waals surface area contributed by atoms with Gasteiger partial charge in [-0.25, -0.2) is 0 Å². The maximum absolute atomic E-state index is 9.45. The van der Waals surface area contributed by atoms with Crippen molar-refractivity contribution < 1.29 is 5.11 Å². The molecule has 0 heterocycles. The van der Waals surface area contributed by atoms with Gasteiger partial charge < -0.3 is 5.11 Å². The zero-order valence-corrected chi connectivity index (χ0v) is 10.1. The lowest BCUT2D eigenvalue weighted by Gasteiger charge is -2.25. The Balaban J connectivity index is 2.67. The van der Waals surface area contributed by atoms with Crippen LogP contribution in [0.15, 0.2) is 24.3 Å². The summed E-state index contributed by atoms with van der Waals surface area (Å²) in [5, 5.41) is 9.45. The molecule has 0 amide bonds. The van der Waals surface area contributed by atoms with E-state index >= 15 is 0 Å². The van der Waals surface area contributed by atoms with Crippen molar-refractivity contribution in [3.05, 3.63) is 29.8 Å². The molecular weight excluding hydrogens is 184 g/mol. The maximum Gasteiger partial charge on any atom is 0.115 e. The summed E-state index contributed by atoms with van der Waals surface area (Å²) in [6.45, 7) is 6.72. The Morgan fingerprint density at radius 2 is 1.93 bits per heavy atom. The second-order valence-electron chi connectivity index (χ2n) is 4.89. The van der Waals surface area contributed by atoms with Gasteiger partial charge in [0.2, 0.25) is 0 Å². The minimum Gasteiger partial charge on any atom is -0.508 e. The molecule has 0 spiro atoms. The third-order valence-electron chi connectivity index (χ3n) is 3.03. The van der Waals surface area contributed by atoms with Crippen LogP contribution >= 0.6 is 0 Å². The van der Waals surface area contributed by atoms with E-state index in [0.717, 1.165) is 0 Å². The first-order valence-electron chi connectivity index (χ1n) is 5.86. The first kappa shape index (κ1) is 12.1. The van der Waals surface area contributed by atoms with Crippen molar-refractivity contribution >= 4 is 0 Å². The van der Waals surface area contributed by atoms with Crippen molar-refractivity contribution in [3.8, 4) is 5.75 Å². The molecule has 0 aliphatic rings. The van der Waals surface area contributed by atoms with Gasteiger partial charge in [-0.2, -0.15) is 0 Å². The number of rotatable bonds is 5. The summed E-state index contributed by atoms with van der Waals surface area (Å²) in [5.74, 6) is 0.371. The molecule has 1 heteroatoms. The summed E-state index contributed by atoms with van der Waals surface area (Å²) in [5.41, 5.74) is 1.41. The van der Waals surface area contributed by atoms with Crippen LogP contribution in [-0.2, 0) is 5.41 Å². The second-order valence-corrected chi connectivity index (χ2v) is 4.89. The van der Waals surface area contributed by atoms with E-state index in [1.54, 1.807) is 6.07 Å². The number of phenols is 1. The van der Waals surface area contributed by atoms with Crippen LogP contribution in [0.3, 0.4) is 0 Å². The molecule has 0 aliphatic heterocycles. The summed E-state index contributed by atoms with van der Waals surface area (Å²) in [4.78, 5) is 0. The molecular formula is C14H22O. The van der Waals surface area contributed by atoms with E-state index in [1.807, 2.05) is 12.1 Å². The van der Waals surface area contributed by atoms with Crippen molar-refractivity contribution in [3.63, 3.8) is 0 Å². The Hall–Kier alpha value is -0.980. The minimum atomic E-state index is 0.175. The average Bonchev–Trinajstić information content (AvgIpc) is 2.18. The molecule has 0 saturated carbocycles. The second kappa shape index (κ2) is 5.20. The van der Waals surface area contributed by atoms with Crippen molar-refractivity contribution in [2.45, 2.75) is 51.9 Å². The van der Waals surface area contributed by atoms with Crippen molar-refractivity contribution in [1.82, 2.24) is 0 Å². The molecule has 1 aromatic rings. The summed E-state index contributed by atoms with van der Waals surface area (Å²) < 4.78 is 0. The predicted molar refractivity (Wildman–Crippen MR) is 65.3 cm³/mol. The number of hydrogen-bond donors (Lipinski definition) is 1. The molecule has 84 valence electrons. The number of unbranched alkanes of at least 4 members (excludes halogenated alkanes) is 2. The molecule has 0 aliphatic carbocycles. The summed E-state index contributed by atoms with van der Waals surface area (Å²) >= 11 is 0. The molecule has 1 aromatic carbocycles. The average molecular weight is 206 g/mol. The van der Waals surface area contributed by atoms with Gasteiger partial charge in [-0.3, -0.25) is 0 Å². The lowest BCUT2D eigenvalue weighted by molar-refractivity contribution is 0.440.